The second kappa shape index (κ2) is 7.01. The molecule has 0 unspecified atom stereocenters. The minimum absolute atomic E-state index is 0.0236. The highest BCUT2D eigenvalue weighted by Gasteiger charge is 2.30. The molecule has 1 saturated carbocycles. The first-order valence-corrected chi connectivity index (χ1v) is 8.37. The second-order valence-corrected chi connectivity index (χ2v) is 6.12. The Kier molecular flexibility index (Phi) is 4.81. The third-order valence-corrected chi connectivity index (χ3v) is 4.36. The molecule has 1 aliphatic carbocycles. The quantitative estimate of drug-likeness (QED) is 0.857. The van der Waals surface area contributed by atoms with Crippen LogP contribution >= 0.6 is 0 Å². The third-order valence-electron chi connectivity index (χ3n) is 4.36. The molecule has 1 fully saturated rings. The first kappa shape index (κ1) is 16.5. The van der Waals surface area contributed by atoms with Crippen molar-refractivity contribution in [3.63, 3.8) is 0 Å². The van der Waals surface area contributed by atoms with Crippen LogP contribution in [0.1, 0.15) is 30.1 Å². The van der Waals surface area contributed by atoms with Gasteiger partial charge >= 0.3 is 0 Å². The van der Waals surface area contributed by atoms with Crippen molar-refractivity contribution < 1.29 is 14.7 Å². The van der Waals surface area contributed by atoms with E-state index in [-0.39, 0.29) is 30.9 Å². The van der Waals surface area contributed by atoms with Gasteiger partial charge in [-0.25, -0.2) is 0 Å². The summed E-state index contributed by atoms with van der Waals surface area (Å²) in [5.74, 6) is -0.132. The van der Waals surface area contributed by atoms with E-state index in [1.165, 1.54) is 0 Å². The highest BCUT2D eigenvalue weighted by Crippen LogP contribution is 2.32. The van der Waals surface area contributed by atoms with Gasteiger partial charge < -0.3 is 15.3 Å². The molecule has 2 N–H and O–H groups in total. The molecule has 3 rings (SSSR count). The second-order valence-electron chi connectivity index (χ2n) is 6.12. The van der Waals surface area contributed by atoms with Crippen LogP contribution in [0.5, 0.6) is 0 Å². The average Bonchev–Trinajstić information content (AvgIpc) is 3.43. The Bertz CT molecular complexity index is 768. The van der Waals surface area contributed by atoms with Crippen molar-refractivity contribution >= 4 is 28.3 Å². The van der Waals surface area contributed by atoms with E-state index in [1.54, 1.807) is 4.90 Å². The van der Waals surface area contributed by atoms with Crippen LogP contribution < -0.4 is 5.32 Å². The molecule has 0 spiro atoms. The summed E-state index contributed by atoms with van der Waals surface area (Å²) >= 11 is 0. The number of nitrogens with one attached hydrogen (secondary N) is 1. The van der Waals surface area contributed by atoms with Gasteiger partial charge in [0.2, 0.25) is 5.91 Å². The predicted molar refractivity (Wildman–Crippen MR) is 94.0 cm³/mol. The van der Waals surface area contributed by atoms with E-state index in [0.717, 1.165) is 23.6 Å². The van der Waals surface area contributed by atoms with Crippen LogP contribution in [0.25, 0.3) is 10.8 Å². The molecule has 2 amide bonds. The van der Waals surface area contributed by atoms with Gasteiger partial charge in [0.15, 0.2) is 0 Å². The highest BCUT2D eigenvalue weighted by molar-refractivity contribution is 6.08. The minimum Gasteiger partial charge on any atom is -0.395 e. The maximum absolute atomic E-state index is 12.9. The Morgan fingerprint density at radius 2 is 1.88 bits per heavy atom. The number of benzene rings is 2. The number of rotatable bonds is 6. The molecule has 0 aromatic heterocycles. The molecule has 0 atom stereocenters. The van der Waals surface area contributed by atoms with E-state index in [4.69, 9.17) is 5.11 Å². The molecular formula is C19H22N2O3. The number of hydrogen-bond acceptors (Lipinski definition) is 3. The highest BCUT2D eigenvalue weighted by atomic mass is 16.3. The number of nitrogens with zero attached hydrogens (tertiary/aromatic N) is 1. The lowest BCUT2D eigenvalue weighted by Gasteiger charge is -2.22. The lowest BCUT2D eigenvalue weighted by atomic mass is 10.0. The van der Waals surface area contributed by atoms with E-state index >= 15 is 0 Å². The molecule has 0 saturated heterocycles. The van der Waals surface area contributed by atoms with Crippen molar-refractivity contribution in [3.05, 3.63) is 42.0 Å². The van der Waals surface area contributed by atoms with Gasteiger partial charge in [-0.1, -0.05) is 24.3 Å². The molecule has 24 heavy (non-hydrogen) atoms. The number of hydrogen-bond donors (Lipinski definition) is 2. The van der Waals surface area contributed by atoms with E-state index in [1.807, 2.05) is 43.3 Å². The lowest BCUT2D eigenvalue weighted by Crippen LogP contribution is -2.34. The summed E-state index contributed by atoms with van der Waals surface area (Å²) in [5, 5.41) is 14.0. The molecule has 126 valence electrons. The Morgan fingerprint density at radius 1 is 1.21 bits per heavy atom. The maximum Gasteiger partial charge on any atom is 0.256 e. The monoisotopic (exact) mass is 326 g/mol. The number of amides is 2. The smallest absolute Gasteiger partial charge is 0.256 e. The van der Waals surface area contributed by atoms with Crippen molar-refractivity contribution in [2.75, 3.05) is 25.0 Å². The van der Waals surface area contributed by atoms with Crippen molar-refractivity contribution in [1.29, 1.82) is 0 Å². The summed E-state index contributed by atoms with van der Waals surface area (Å²) in [5.41, 5.74) is 1.02. The number of anilines is 1. The Balaban J connectivity index is 2.01. The van der Waals surface area contributed by atoms with Crippen LogP contribution in [0.2, 0.25) is 0 Å². The van der Waals surface area contributed by atoms with Crippen LogP contribution in [-0.2, 0) is 4.79 Å². The predicted octanol–water partition coefficient (Wildman–Crippen LogP) is 2.64. The van der Waals surface area contributed by atoms with Crippen LogP contribution in [0.4, 0.5) is 5.69 Å². The summed E-state index contributed by atoms with van der Waals surface area (Å²) in [7, 11) is 0. The summed E-state index contributed by atoms with van der Waals surface area (Å²) in [6.45, 7) is 2.56. The third kappa shape index (κ3) is 3.41. The Labute approximate surface area is 141 Å². The van der Waals surface area contributed by atoms with Gasteiger partial charge in [-0.3, -0.25) is 9.59 Å². The molecule has 2 aromatic rings. The van der Waals surface area contributed by atoms with Crippen LogP contribution in [0.15, 0.2) is 36.4 Å². The van der Waals surface area contributed by atoms with Gasteiger partial charge in [0.05, 0.1) is 17.9 Å². The fourth-order valence-electron chi connectivity index (χ4n) is 2.80. The topological polar surface area (TPSA) is 69.6 Å². The molecule has 0 heterocycles. The standard InChI is InChI=1S/C19H22N2O3/c1-2-21(9-10-22)19(24)16-11-14-5-3-4-6-15(14)12-17(16)20-18(23)13-7-8-13/h3-6,11-13,22H,2,7-10H2,1H3,(H,20,23). The normalized spacial score (nSPS) is 13.8. The van der Waals surface area contributed by atoms with Crippen molar-refractivity contribution in [1.82, 2.24) is 4.90 Å². The van der Waals surface area contributed by atoms with Gasteiger partial charge in [0.1, 0.15) is 0 Å². The number of likely N-dealkylation sites (N-methyl/N-ethyl adjacent to an activating group) is 1. The Hall–Kier alpha value is -2.40. The van der Waals surface area contributed by atoms with Crippen LogP contribution in [0.3, 0.4) is 0 Å². The summed E-state index contributed by atoms with van der Waals surface area (Å²) in [4.78, 5) is 26.6. The molecule has 0 aliphatic heterocycles. The number of aliphatic hydroxyl groups is 1. The van der Waals surface area contributed by atoms with Gasteiger partial charge in [-0.05, 0) is 42.7 Å². The van der Waals surface area contributed by atoms with E-state index < -0.39 is 0 Å². The fraction of sp³-hybridized carbons (Fsp3) is 0.368. The lowest BCUT2D eigenvalue weighted by molar-refractivity contribution is -0.117. The first-order chi connectivity index (χ1) is 11.6. The zero-order valence-corrected chi connectivity index (χ0v) is 13.8. The van der Waals surface area contributed by atoms with E-state index in [9.17, 15) is 9.59 Å². The van der Waals surface area contributed by atoms with Gasteiger partial charge in [0, 0.05) is 19.0 Å². The van der Waals surface area contributed by atoms with Gasteiger partial charge in [-0.15, -0.1) is 0 Å². The van der Waals surface area contributed by atoms with Crippen molar-refractivity contribution in [3.8, 4) is 0 Å². The molecule has 2 aromatic carbocycles. The van der Waals surface area contributed by atoms with Gasteiger partial charge in [0.25, 0.3) is 5.91 Å². The minimum atomic E-state index is -0.177. The number of aliphatic hydroxyl groups excluding tert-OH is 1. The van der Waals surface area contributed by atoms with E-state index in [2.05, 4.69) is 5.32 Å². The SMILES string of the molecule is CCN(CCO)C(=O)c1cc2ccccc2cc1NC(=O)C1CC1. The molecule has 0 bridgehead atoms. The van der Waals surface area contributed by atoms with Gasteiger partial charge in [-0.2, -0.15) is 0 Å². The Morgan fingerprint density at radius 3 is 2.46 bits per heavy atom. The summed E-state index contributed by atoms with van der Waals surface area (Å²) < 4.78 is 0. The fourth-order valence-corrected chi connectivity index (χ4v) is 2.80. The first-order valence-electron chi connectivity index (χ1n) is 8.37. The molecule has 1 aliphatic rings. The van der Waals surface area contributed by atoms with E-state index in [0.29, 0.717) is 17.8 Å². The molecule has 5 nitrogen and oxygen atoms in total. The summed E-state index contributed by atoms with van der Waals surface area (Å²) in [6.07, 6.45) is 1.82. The number of carbonyl (C=O) groups is 2. The maximum atomic E-state index is 12.9. The molecular weight excluding hydrogens is 304 g/mol. The average molecular weight is 326 g/mol. The number of fused-ring (bicyclic) bond motifs is 1. The molecule has 0 radical (unpaired) electrons. The zero-order chi connectivity index (χ0) is 17.1. The van der Waals surface area contributed by atoms with Crippen LogP contribution in [-0.4, -0.2) is 41.5 Å². The summed E-state index contributed by atoms with van der Waals surface area (Å²) in [6, 6.07) is 11.4. The van der Waals surface area contributed by atoms with Crippen molar-refractivity contribution in [2.45, 2.75) is 19.8 Å². The van der Waals surface area contributed by atoms with Crippen molar-refractivity contribution in [2.24, 2.45) is 5.92 Å². The molecule has 5 heteroatoms. The largest absolute Gasteiger partial charge is 0.395 e. The number of carbonyl (C=O) groups excluding carboxylic acids is 2. The zero-order valence-electron chi connectivity index (χ0n) is 13.8. The van der Waals surface area contributed by atoms with Crippen LogP contribution in [0, 0.1) is 5.92 Å².